The van der Waals surface area contributed by atoms with E-state index >= 15 is 0 Å². The lowest BCUT2D eigenvalue weighted by Gasteiger charge is -2.20. The standard InChI is InChI=1S/C17H25N3O5S/c1-10-5-6-14(24-3)13(9-10)19-15(21)11(2)25-16(22)12(7-8-26-4)20-17(18)23/h5-6,9,11-12H,7-8H2,1-4H3,(H,19,21)(H3,18,20,23)/t11-,12-/m0/s1. The van der Waals surface area contributed by atoms with E-state index in [4.69, 9.17) is 15.2 Å². The number of aryl methyl sites for hydroxylation is 1. The zero-order valence-corrected chi connectivity index (χ0v) is 16.1. The summed E-state index contributed by atoms with van der Waals surface area (Å²) >= 11 is 1.51. The highest BCUT2D eigenvalue weighted by Gasteiger charge is 2.26. The Morgan fingerprint density at radius 2 is 2.00 bits per heavy atom. The Balaban J connectivity index is 2.74. The van der Waals surface area contributed by atoms with Gasteiger partial charge in [0.05, 0.1) is 12.8 Å². The lowest BCUT2D eigenvalue weighted by atomic mass is 10.2. The van der Waals surface area contributed by atoms with E-state index < -0.39 is 30.1 Å². The second-order valence-corrected chi connectivity index (χ2v) is 6.60. The lowest BCUT2D eigenvalue weighted by Crippen LogP contribution is -2.46. The van der Waals surface area contributed by atoms with E-state index in [0.29, 0.717) is 23.6 Å². The van der Waals surface area contributed by atoms with E-state index in [-0.39, 0.29) is 0 Å². The van der Waals surface area contributed by atoms with Crippen LogP contribution in [0.3, 0.4) is 0 Å². The second kappa shape index (κ2) is 10.5. The molecule has 2 atom stereocenters. The fraction of sp³-hybridized carbons (Fsp3) is 0.471. The van der Waals surface area contributed by atoms with E-state index in [9.17, 15) is 14.4 Å². The molecule has 1 rings (SSSR count). The number of nitrogens with two attached hydrogens (primary N) is 1. The van der Waals surface area contributed by atoms with Crippen molar-refractivity contribution in [2.45, 2.75) is 32.4 Å². The fourth-order valence-electron chi connectivity index (χ4n) is 2.12. The Hall–Kier alpha value is -2.42. The number of amides is 3. The Labute approximate surface area is 157 Å². The molecule has 0 unspecified atom stereocenters. The van der Waals surface area contributed by atoms with E-state index in [1.807, 2.05) is 19.2 Å². The van der Waals surface area contributed by atoms with Gasteiger partial charge in [0.2, 0.25) is 0 Å². The highest BCUT2D eigenvalue weighted by molar-refractivity contribution is 7.98. The van der Waals surface area contributed by atoms with Gasteiger partial charge < -0.3 is 25.8 Å². The molecule has 26 heavy (non-hydrogen) atoms. The molecule has 144 valence electrons. The van der Waals surface area contributed by atoms with E-state index in [1.54, 1.807) is 12.1 Å². The number of methoxy groups -OCH3 is 1. The number of hydrogen-bond donors (Lipinski definition) is 3. The summed E-state index contributed by atoms with van der Waals surface area (Å²) in [5.74, 6) is -0.0986. The molecule has 0 heterocycles. The molecule has 1 aromatic carbocycles. The minimum Gasteiger partial charge on any atom is -0.495 e. The quantitative estimate of drug-likeness (QED) is 0.558. The van der Waals surface area contributed by atoms with Gasteiger partial charge in [-0.05, 0) is 50.0 Å². The van der Waals surface area contributed by atoms with Crippen LogP contribution in [0.2, 0.25) is 0 Å². The highest BCUT2D eigenvalue weighted by Crippen LogP contribution is 2.25. The number of nitrogens with one attached hydrogen (secondary N) is 2. The van der Waals surface area contributed by atoms with Gasteiger partial charge in [0.25, 0.3) is 5.91 Å². The van der Waals surface area contributed by atoms with Crippen molar-refractivity contribution in [1.82, 2.24) is 5.32 Å². The predicted octanol–water partition coefficient (Wildman–Crippen LogP) is 1.66. The molecule has 8 nitrogen and oxygen atoms in total. The van der Waals surface area contributed by atoms with E-state index in [1.165, 1.54) is 25.8 Å². The van der Waals surface area contributed by atoms with Crippen LogP contribution in [0.15, 0.2) is 18.2 Å². The molecule has 0 aliphatic carbocycles. The van der Waals surface area contributed by atoms with Crippen molar-refractivity contribution in [3.05, 3.63) is 23.8 Å². The van der Waals surface area contributed by atoms with Crippen LogP contribution in [0, 0.1) is 6.92 Å². The maximum Gasteiger partial charge on any atom is 0.329 e. The molecule has 0 radical (unpaired) electrons. The molecule has 0 aliphatic heterocycles. The van der Waals surface area contributed by atoms with Crippen LogP contribution in [0.5, 0.6) is 5.75 Å². The molecule has 0 fully saturated rings. The smallest absolute Gasteiger partial charge is 0.329 e. The molecule has 0 bridgehead atoms. The molecule has 9 heteroatoms. The molecular weight excluding hydrogens is 358 g/mol. The fourth-order valence-corrected chi connectivity index (χ4v) is 2.59. The average Bonchev–Trinajstić information content (AvgIpc) is 2.58. The molecule has 0 spiro atoms. The maximum atomic E-state index is 12.3. The van der Waals surface area contributed by atoms with Crippen molar-refractivity contribution in [2.24, 2.45) is 5.73 Å². The molecule has 1 aromatic rings. The van der Waals surface area contributed by atoms with E-state index in [2.05, 4.69) is 10.6 Å². The number of rotatable bonds is 9. The Kier molecular flexibility index (Phi) is 8.77. The highest BCUT2D eigenvalue weighted by atomic mass is 32.2. The van der Waals surface area contributed by atoms with Crippen LogP contribution in [-0.2, 0) is 14.3 Å². The van der Waals surface area contributed by atoms with Gasteiger partial charge in [-0.25, -0.2) is 9.59 Å². The summed E-state index contributed by atoms with van der Waals surface area (Å²) < 4.78 is 10.4. The summed E-state index contributed by atoms with van der Waals surface area (Å²) in [6, 6.07) is 3.61. The third kappa shape index (κ3) is 6.83. The van der Waals surface area contributed by atoms with Crippen LogP contribution < -0.4 is 21.1 Å². The summed E-state index contributed by atoms with van der Waals surface area (Å²) in [6.07, 6.45) is 1.17. The van der Waals surface area contributed by atoms with Gasteiger partial charge in [0.15, 0.2) is 6.10 Å². The number of urea groups is 1. The average molecular weight is 383 g/mol. The summed E-state index contributed by atoms with van der Waals surface area (Å²) in [5, 5.41) is 5.01. The Bertz CT molecular complexity index is 653. The normalized spacial score (nSPS) is 12.6. The SMILES string of the molecule is COc1ccc(C)cc1NC(=O)[C@H](C)OC(=O)[C@H](CCSC)NC(N)=O. The number of hydrogen-bond acceptors (Lipinski definition) is 6. The summed E-state index contributed by atoms with van der Waals surface area (Å²) in [4.78, 5) is 35.6. The van der Waals surface area contributed by atoms with Crippen molar-refractivity contribution >= 4 is 35.4 Å². The van der Waals surface area contributed by atoms with Crippen LogP contribution in [0.25, 0.3) is 0 Å². The monoisotopic (exact) mass is 383 g/mol. The second-order valence-electron chi connectivity index (χ2n) is 5.61. The molecule has 0 aliphatic rings. The number of anilines is 1. The number of carbonyl (C=O) groups excluding carboxylic acids is 3. The number of carbonyl (C=O) groups is 3. The predicted molar refractivity (Wildman–Crippen MR) is 101 cm³/mol. The number of benzene rings is 1. The van der Waals surface area contributed by atoms with Crippen molar-refractivity contribution in [1.29, 1.82) is 0 Å². The van der Waals surface area contributed by atoms with Gasteiger partial charge in [-0.1, -0.05) is 6.07 Å². The molecule has 0 aromatic heterocycles. The number of ether oxygens (including phenoxy) is 2. The van der Waals surface area contributed by atoms with Crippen LogP contribution in [0.4, 0.5) is 10.5 Å². The maximum absolute atomic E-state index is 12.3. The first-order valence-corrected chi connectivity index (χ1v) is 9.38. The number of esters is 1. The zero-order valence-electron chi connectivity index (χ0n) is 15.3. The molecule has 0 saturated carbocycles. The summed E-state index contributed by atoms with van der Waals surface area (Å²) in [6.45, 7) is 3.33. The van der Waals surface area contributed by atoms with Crippen LogP contribution in [-0.4, -0.2) is 49.2 Å². The largest absolute Gasteiger partial charge is 0.495 e. The van der Waals surface area contributed by atoms with Crippen molar-refractivity contribution in [2.75, 3.05) is 24.4 Å². The molecule has 4 N–H and O–H groups in total. The zero-order chi connectivity index (χ0) is 19.7. The van der Waals surface area contributed by atoms with Crippen LogP contribution >= 0.6 is 11.8 Å². The van der Waals surface area contributed by atoms with Gasteiger partial charge in [-0.2, -0.15) is 11.8 Å². The van der Waals surface area contributed by atoms with Gasteiger partial charge in [0.1, 0.15) is 11.8 Å². The minimum absolute atomic E-state index is 0.350. The number of thioether (sulfide) groups is 1. The van der Waals surface area contributed by atoms with Gasteiger partial charge in [0, 0.05) is 0 Å². The summed E-state index contributed by atoms with van der Waals surface area (Å²) in [5.41, 5.74) is 6.50. The third-order valence-corrected chi connectivity index (χ3v) is 4.13. The number of primary amides is 1. The van der Waals surface area contributed by atoms with Gasteiger partial charge in [-0.3, -0.25) is 4.79 Å². The minimum atomic E-state index is -1.06. The van der Waals surface area contributed by atoms with Gasteiger partial charge in [-0.15, -0.1) is 0 Å². The molecule has 3 amide bonds. The van der Waals surface area contributed by atoms with Crippen molar-refractivity contribution in [3.8, 4) is 5.75 Å². The lowest BCUT2D eigenvalue weighted by molar-refractivity contribution is -0.155. The topological polar surface area (TPSA) is 120 Å². The van der Waals surface area contributed by atoms with E-state index in [0.717, 1.165) is 5.56 Å². The Morgan fingerprint density at radius 3 is 2.58 bits per heavy atom. The summed E-state index contributed by atoms with van der Waals surface area (Å²) in [7, 11) is 1.50. The molecule has 0 saturated heterocycles. The van der Waals surface area contributed by atoms with Crippen LogP contribution in [0.1, 0.15) is 18.9 Å². The Morgan fingerprint density at radius 1 is 1.31 bits per heavy atom. The third-order valence-electron chi connectivity index (χ3n) is 3.49. The van der Waals surface area contributed by atoms with Crippen molar-refractivity contribution in [3.63, 3.8) is 0 Å². The molecular formula is C17H25N3O5S. The first kappa shape index (κ1) is 21.6. The first-order valence-electron chi connectivity index (χ1n) is 7.99. The van der Waals surface area contributed by atoms with Gasteiger partial charge >= 0.3 is 12.0 Å². The first-order chi connectivity index (χ1) is 12.3. The van der Waals surface area contributed by atoms with Crippen molar-refractivity contribution < 1.29 is 23.9 Å².